The van der Waals surface area contributed by atoms with Crippen LogP contribution in [0.25, 0.3) is 0 Å². The van der Waals surface area contributed by atoms with Gasteiger partial charge >= 0.3 is 0 Å². The molecule has 15 heteroatoms. The standard InChI is InChI=1S/C25H35N7O6S2/c1-37-24-5-3-9-28-22(24)17-39-13-11-27-19(15-31(33)34)7-8-20(26)21(16-32(35)36)30-12-14-40-18-23-25(38-2)6-4-10-29-23/h3-6,9-10,21,26,30H,7-8,11-18H2,1-2H3. The lowest BCUT2D eigenvalue weighted by Crippen LogP contribution is -2.43. The zero-order chi connectivity index (χ0) is 29.2. The summed E-state index contributed by atoms with van der Waals surface area (Å²) in [6, 6.07) is 6.51. The number of hydrogen-bond donors (Lipinski definition) is 2. The van der Waals surface area contributed by atoms with Crippen LogP contribution in [0.15, 0.2) is 41.7 Å². The molecule has 2 rings (SSSR count). The van der Waals surface area contributed by atoms with Crippen LogP contribution in [0.5, 0.6) is 11.5 Å². The summed E-state index contributed by atoms with van der Waals surface area (Å²) in [5.41, 5.74) is 2.13. The number of methoxy groups -OCH3 is 2. The fourth-order valence-electron chi connectivity index (χ4n) is 3.60. The van der Waals surface area contributed by atoms with E-state index in [9.17, 15) is 20.2 Å². The number of ether oxygens (including phenoxy) is 2. The van der Waals surface area contributed by atoms with E-state index in [1.54, 1.807) is 62.3 Å². The molecule has 0 fully saturated rings. The third kappa shape index (κ3) is 12.7. The molecule has 0 spiro atoms. The summed E-state index contributed by atoms with van der Waals surface area (Å²) in [6.45, 7) is -0.0279. The van der Waals surface area contributed by atoms with E-state index in [0.717, 1.165) is 11.4 Å². The van der Waals surface area contributed by atoms with Gasteiger partial charge in [0.05, 0.1) is 31.3 Å². The summed E-state index contributed by atoms with van der Waals surface area (Å²) in [5.74, 6) is 3.93. The zero-order valence-corrected chi connectivity index (χ0v) is 24.2. The molecule has 0 saturated heterocycles. The molecule has 0 amide bonds. The molecule has 1 atom stereocenters. The molecule has 218 valence electrons. The van der Waals surface area contributed by atoms with Gasteiger partial charge in [0.2, 0.25) is 13.1 Å². The first-order valence-corrected chi connectivity index (χ1v) is 14.8. The molecule has 1 unspecified atom stereocenters. The molecule has 13 nitrogen and oxygen atoms in total. The summed E-state index contributed by atoms with van der Waals surface area (Å²) in [4.78, 5) is 34.4. The van der Waals surface area contributed by atoms with Crippen LogP contribution >= 0.6 is 23.5 Å². The van der Waals surface area contributed by atoms with Crippen molar-refractivity contribution in [2.75, 3.05) is 51.9 Å². The molecule has 0 radical (unpaired) electrons. The van der Waals surface area contributed by atoms with Crippen LogP contribution in [-0.4, -0.2) is 89.2 Å². The van der Waals surface area contributed by atoms with E-state index in [0.29, 0.717) is 53.3 Å². The average molecular weight is 594 g/mol. The van der Waals surface area contributed by atoms with Crippen LogP contribution in [0.3, 0.4) is 0 Å². The Bertz CT molecular complexity index is 1140. The van der Waals surface area contributed by atoms with Gasteiger partial charge in [-0.15, -0.1) is 0 Å². The molecule has 0 saturated carbocycles. The normalized spacial score (nSPS) is 12.1. The smallest absolute Gasteiger partial charge is 0.241 e. The van der Waals surface area contributed by atoms with E-state index >= 15 is 0 Å². The molecule has 2 aromatic rings. The highest BCUT2D eigenvalue weighted by Gasteiger charge is 2.21. The lowest BCUT2D eigenvalue weighted by atomic mass is 10.0. The highest BCUT2D eigenvalue weighted by molar-refractivity contribution is 7.98. The number of aliphatic imine (C=N–C) groups is 1. The van der Waals surface area contributed by atoms with Crippen molar-refractivity contribution in [3.8, 4) is 11.5 Å². The Morgan fingerprint density at radius 2 is 1.60 bits per heavy atom. The van der Waals surface area contributed by atoms with Gasteiger partial charge in [0, 0.05) is 64.1 Å². The van der Waals surface area contributed by atoms with Crippen molar-refractivity contribution in [1.29, 1.82) is 5.41 Å². The van der Waals surface area contributed by atoms with Gasteiger partial charge in [-0.1, -0.05) is 0 Å². The maximum Gasteiger partial charge on any atom is 0.241 e. The lowest BCUT2D eigenvalue weighted by Gasteiger charge is -2.16. The first-order valence-electron chi connectivity index (χ1n) is 12.5. The van der Waals surface area contributed by atoms with Gasteiger partial charge in [0.25, 0.3) is 0 Å². The quantitative estimate of drug-likeness (QED) is 0.0937. The second kappa shape index (κ2) is 18.9. The van der Waals surface area contributed by atoms with E-state index < -0.39 is 29.0 Å². The predicted octanol–water partition coefficient (Wildman–Crippen LogP) is 3.41. The number of aromatic nitrogens is 2. The Morgan fingerprint density at radius 3 is 2.15 bits per heavy atom. The molecule has 0 aromatic carbocycles. The minimum absolute atomic E-state index is 0.126. The fourth-order valence-corrected chi connectivity index (χ4v) is 5.20. The molecule has 2 aromatic heterocycles. The minimum Gasteiger partial charge on any atom is -0.495 e. The molecule has 0 bridgehead atoms. The predicted molar refractivity (Wildman–Crippen MR) is 159 cm³/mol. The minimum atomic E-state index is -0.763. The zero-order valence-electron chi connectivity index (χ0n) is 22.6. The number of nitro groups is 2. The van der Waals surface area contributed by atoms with Gasteiger partial charge in [0.15, 0.2) is 0 Å². The van der Waals surface area contributed by atoms with Crippen molar-refractivity contribution in [2.24, 2.45) is 4.99 Å². The number of nitrogens with one attached hydrogen (secondary N) is 2. The van der Waals surface area contributed by atoms with E-state index in [-0.39, 0.29) is 18.6 Å². The van der Waals surface area contributed by atoms with E-state index in [2.05, 4.69) is 20.3 Å². The Morgan fingerprint density at radius 1 is 1.00 bits per heavy atom. The van der Waals surface area contributed by atoms with Crippen LogP contribution < -0.4 is 14.8 Å². The number of rotatable bonds is 21. The second-order valence-electron chi connectivity index (χ2n) is 8.40. The number of nitrogens with zero attached hydrogens (tertiary/aromatic N) is 5. The maximum absolute atomic E-state index is 11.2. The molecule has 0 aliphatic carbocycles. The fraction of sp³-hybridized carbons (Fsp3) is 0.520. The van der Waals surface area contributed by atoms with Gasteiger partial charge in [-0.05, 0) is 37.1 Å². The summed E-state index contributed by atoms with van der Waals surface area (Å²) in [7, 11) is 3.17. The summed E-state index contributed by atoms with van der Waals surface area (Å²) in [6.07, 6.45) is 3.73. The maximum atomic E-state index is 11.2. The third-order valence-corrected chi connectivity index (χ3v) is 7.49. The highest BCUT2D eigenvalue weighted by Crippen LogP contribution is 2.21. The molecule has 40 heavy (non-hydrogen) atoms. The summed E-state index contributed by atoms with van der Waals surface area (Å²) in [5, 5.41) is 33.8. The van der Waals surface area contributed by atoms with Crippen molar-refractivity contribution < 1.29 is 19.3 Å². The molecule has 2 heterocycles. The molecule has 0 aliphatic heterocycles. The Labute approximate surface area is 241 Å². The van der Waals surface area contributed by atoms with Crippen molar-refractivity contribution >= 4 is 34.9 Å². The van der Waals surface area contributed by atoms with E-state index in [1.807, 2.05) is 12.1 Å². The third-order valence-electron chi connectivity index (χ3n) is 5.57. The van der Waals surface area contributed by atoms with Gasteiger partial charge in [-0.3, -0.25) is 35.2 Å². The van der Waals surface area contributed by atoms with Gasteiger partial charge in [-0.2, -0.15) is 23.5 Å². The molecule has 0 aliphatic rings. The summed E-state index contributed by atoms with van der Waals surface area (Å²) < 4.78 is 10.6. The van der Waals surface area contributed by atoms with Crippen molar-refractivity contribution in [2.45, 2.75) is 30.4 Å². The Balaban J connectivity index is 1.81. The van der Waals surface area contributed by atoms with E-state index in [1.165, 1.54) is 0 Å². The average Bonchev–Trinajstić information content (AvgIpc) is 2.94. The molecular formula is C25H35N7O6S2. The van der Waals surface area contributed by atoms with Gasteiger partial charge in [-0.25, -0.2) is 0 Å². The Kier molecular flexibility index (Phi) is 15.5. The largest absolute Gasteiger partial charge is 0.495 e. The Hall–Kier alpha value is -3.30. The van der Waals surface area contributed by atoms with Gasteiger partial charge < -0.3 is 20.2 Å². The topological polar surface area (TPSA) is 179 Å². The second-order valence-corrected chi connectivity index (χ2v) is 10.6. The van der Waals surface area contributed by atoms with Crippen LogP contribution in [0.1, 0.15) is 24.2 Å². The van der Waals surface area contributed by atoms with Crippen LogP contribution in [0.4, 0.5) is 0 Å². The molecule has 2 N–H and O–H groups in total. The molecular weight excluding hydrogens is 558 g/mol. The van der Waals surface area contributed by atoms with Crippen molar-refractivity contribution in [3.63, 3.8) is 0 Å². The monoisotopic (exact) mass is 593 g/mol. The number of hydrogen-bond acceptors (Lipinski definition) is 13. The number of pyridine rings is 2. The van der Waals surface area contributed by atoms with Crippen molar-refractivity contribution in [1.82, 2.24) is 15.3 Å². The van der Waals surface area contributed by atoms with Crippen molar-refractivity contribution in [3.05, 3.63) is 68.3 Å². The first kappa shape index (κ1) is 32.9. The highest BCUT2D eigenvalue weighted by atomic mass is 32.2. The lowest BCUT2D eigenvalue weighted by molar-refractivity contribution is -0.480. The SMILES string of the molecule is COc1cccnc1CSCCN=C(CCC(=N)C(C[N+](=O)[O-])NCCSCc1ncccc1OC)C[N+](=O)[O-]. The summed E-state index contributed by atoms with van der Waals surface area (Å²) >= 11 is 3.18. The van der Waals surface area contributed by atoms with Crippen LogP contribution in [0.2, 0.25) is 0 Å². The van der Waals surface area contributed by atoms with E-state index in [4.69, 9.17) is 14.9 Å². The van der Waals surface area contributed by atoms with Crippen LogP contribution in [-0.2, 0) is 11.5 Å². The van der Waals surface area contributed by atoms with Crippen LogP contribution in [0, 0.1) is 25.6 Å². The number of thioether (sulfide) groups is 2. The van der Waals surface area contributed by atoms with Gasteiger partial charge in [0.1, 0.15) is 17.5 Å². The first-order chi connectivity index (χ1) is 19.3.